The number of pyridine rings is 1. The summed E-state index contributed by atoms with van der Waals surface area (Å²) in [6, 6.07) is 3.06. The molecule has 0 aliphatic carbocycles. The van der Waals surface area contributed by atoms with Crippen molar-refractivity contribution in [3.8, 4) is 0 Å². The molecule has 5 nitrogen and oxygen atoms in total. The summed E-state index contributed by atoms with van der Waals surface area (Å²) in [5, 5.41) is 0. The van der Waals surface area contributed by atoms with Crippen LogP contribution >= 0.6 is 0 Å². The number of rotatable bonds is 2. The minimum Gasteiger partial charge on any atom is -0.337 e. The number of anilines is 1. The molecule has 0 aromatic carbocycles. The highest BCUT2D eigenvalue weighted by atomic mass is 19.4. The maximum atomic E-state index is 12.6. The summed E-state index contributed by atoms with van der Waals surface area (Å²) in [7, 11) is 0. The van der Waals surface area contributed by atoms with Crippen molar-refractivity contribution in [1.82, 2.24) is 9.88 Å². The van der Waals surface area contributed by atoms with E-state index < -0.39 is 12.1 Å². The van der Waals surface area contributed by atoms with Gasteiger partial charge in [0.1, 0.15) is 5.69 Å². The number of nitrogens with zero attached hydrogens (tertiary/aromatic N) is 2. The lowest BCUT2D eigenvalue weighted by molar-refractivity contribution is -0.183. The largest absolute Gasteiger partial charge is 0.391 e. The summed E-state index contributed by atoms with van der Waals surface area (Å²) < 4.78 is 37.7. The Kier molecular flexibility index (Phi) is 4.12. The van der Waals surface area contributed by atoms with Crippen molar-refractivity contribution in [2.75, 3.05) is 18.5 Å². The highest BCUT2D eigenvalue weighted by Gasteiger charge is 2.41. The van der Waals surface area contributed by atoms with E-state index in [-0.39, 0.29) is 37.5 Å². The van der Waals surface area contributed by atoms with Crippen LogP contribution in [0.4, 0.5) is 18.9 Å². The SMILES string of the molecule is NNc1ccnc(C(=O)N2CCC(C(F)(F)F)CC2)c1. The Hall–Kier alpha value is -1.83. The summed E-state index contributed by atoms with van der Waals surface area (Å²) in [6.07, 6.45) is -2.89. The zero-order chi connectivity index (χ0) is 14.8. The third kappa shape index (κ3) is 3.19. The van der Waals surface area contributed by atoms with Crippen LogP contribution in [-0.2, 0) is 0 Å². The van der Waals surface area contributed by atoms with Crippen LogP contribution in [0.15, 0.2) is 18.3 Å². The zero-order valence-electron chi connectivity index (χ0n) is 10.7. The first kappa shape index (κ1) is 14.6. The Morgan fingerprint density at radius 1 is 1.40 bits per heavy atom. The van der Waals surface area contributed by atoms with Gasteiger partial charge in [0.15, 0.2) is 0 Å². The number of carbonyl (C=O) groups is 1. The number of hydrogen-bond acceptors (Lipinski definition) is 4. The number of alkyl halides is 3. The number of piperidine rings is 1. The second-order valence-corrected chi connectivity index (χ2v) is 4.68. The Labute approximate surface area is 113 Å². The third-order valence-electron chi connectivity index (χ3n) is 3.39. The van der Waals surface area contributed by atoms with Crippen molar-refractivity contribution in [2.45, 2.75) is 19.0 Å². The molecule has 2 rings (SSSR count). The lowest BCUT2D eigenvalue weighted by Crippen LogP contribution is -2.42. The normalized spacial score (nSPS) is 17.1. The maximum absolute atomic E-state index is 12.6. The lowest BCUT2D eigenvalue weighted by atomic mass is 9.96. The molecule has 1 saturated heterocycles. The standard InChI is InChI=1S/C12H15F3N4O/c13-12(14,15)8-2-5-19(6-3-8)11(20)10-7-9(18-16)1-4-17-10/h1,4,7-8H,2-3,5-6,16H2,(H,17,18). The summed E-state index contributed by atoms with van der Waals surface area (Å²) in [5.41, 5.74) is 3.09. The van der Waals surface area contributed by atoms with Gasteiger partial charge in [-0.15, -0.1) is 0 Å². The predicted octanol–water partition coefficient (Wildman–Crippen LogP) is 1.78. The van der Waals surface area contributed by atoms with Gasteiger partial charge in [0.25, 0.3) is 5.91 Å². The van der Waals surface area contributed by atoms with Gasteiger partial charge in [0, 0.05) is 19.3 Å². The van der Waals surface area contributed by atoms with Crippen LogP contribution in [0.25, 0.3) is 0 Å². The molecular formula is C12H15F3N4O. The number of likely N-dealkylation sites (tertiary alicyclic amines) is 1. The minimum atomic E-state index is -4.18. The fourth-order valence-corrected chi connectivity index (χ4v) is 2.21. The van der Waals surface area contributed by atoms with E-state index in [0.717, 1.165) is 0 Å². The van der Waals surface area contributed by atoms with Crippen molar-refractivity contribution in [2.24, 2.45) is 11.8 Å². The van der Waals surface area contributed by atoms with E-state index in [0.29, 0.717) is 5.69 Å². The molecule has 110 valence electrons. The highest BCUT2D eigenvalue weighted by Crippen LogP contribution is 2.34. The second-order valence-electron chi connectivity index (χ2n) is 4.68. The van der Waals surface area contributed by atoms with Crippen molar-refractivity contribution in [1.29, 1.82) is 0 Å². The van der Waals surface area contributed by atoms with Crippen molar-refractivity contribution in [3.05, 3.63) is 24.0 Å². The van der Waals surface area contributed by atoms with E-state index in [1.807, 2.05) is 0 Å². The van der Waals surface area contributed by atoms with Gasteiger partial charge >= 0.3 is 6.18 Å². The molecule has 0 spiro atoms. The first-order valence-electron chi connectivity index (χ1n) is 6.20. The van der Waals surface area contributed by atoms with E-state index in [1.54, 1.807) is 6.07 Å². The Balaban J connectivity index is 2.01. The number of nitrogens with two attached hydrogens (primary N) is 1. The number of nitrogens with one attached hydrogen (secondary N) is 1. The van der Waals surface area contributed by atoms with Gasteiger partial charge in [-0.2, -0.15) is 13.2 Å². The van der Waals surface area contributed by atoms with Crippen molar-refractivity contribution in [3.63, 3.8) is 0 Å². The van der Waals surface area contributed by atoms with E-state index in [9.17, 15) is 18.0 Å². The molecule has 20 heavy (non-hydrogen) atoms. The first-order valence-corrected chi connectivity index (χ1v) is 6.20. The van der Waals surface area contributed by atoms with Crippen LogP contribution in [0.3, 0.4) is 0 Å². The first-order chi connectivity index (χ1) is 9.41. The molecule has 1 aliphatic rings. The molecule has 1 aliphatic heterocycles. The zero-order valence-corrected chi connectivity index (χ0v) is 10.7. The fraction of sp³-hybridized carbons (Fsp3) is 0.500. The van der Waals surface area contributed by atoms with Crippen LogP contribution in [0, 0.1) is 5.92 Å². The molecule has 8 heteroatoms. The van der Waals surface area contributed by atoms with Gasteiger partial charge in [-0.1, -0.05) is 0 Å². The smallest absolute Gasteiger partial charge is 0.337 e. The van der Waals surface area contributed by atoms with Crippen molar-refractivity contribution >= 4 is 11.6 Å². The number of hydrogen-bond donors (Lipinski definition) is 2. The van der Waals surface area contributed by atoms with E-state index in [2.05, 4.69) is 10.4 Å². The molecule has 0 atom stereocenters. The Morgan fingerprint density at radius 3 is 2.60 bits per heavy atom. The highest BCUT2D eigenvalue weighted by molar-refractivity contribution is 5.93. The molecule has 0 unspecified atom stereocenters. The summed E-state index contributed by atoms with van der Waals surface area (Å²) in [5.74, 6) is 3.54. The van der Waals surface area contributed by atoms with Gasteiger partial charge in [-0.05, 0) is 25.0 Å². The summed E-state index contributed by atoms with van der Waals surface area (Å²) in [6.45, 7) is 0.177. The van der Waals surface area contributed by atoms with Crippen molar-refractivity contribution < 1.29 is 18.0 Å². The number of aromatic nitrogens is 1. The molecule has 0 bridgehead atoms. The number of halogens is 3. The van der Waals surface area contributed by atoms with E-state index in [1.165, 1.54) is 17.2 Å². The molecule has 1 fully saturated rings. The average molecular weight is 288 g/mol. The fourth-order valence-electron chi connectivity index (χ4n) is 2.21. The summed E-state index contributed by atoms with van der Waals surface area (Å²) in [4.78, 5) is 17.5. The molecule has 0 radical (unpaired) electrons. The molecule has 3 N–H and O–H groups in total. The molecule has 0 saturated carbocycles. The number of hydrazine groups is 1. The quantitative estimate of drug-likeness (QED) is 0.643. The number of amides is 1. The van der Waals surface area contributed by atoms with Crippen LogP contribution in [0.5, 0.6) is 0 Å². The van der Waals surface area contributed by atoms with Gasteiger partial charge in [0.2, 0.25) is 0 Å². The molecule has 1 aromatic heterocycles. The van der Waals surface area contributed by atoms with Gasteiger partial charge in [0.05, 0.1) is 11.6 Å². The second kappa shape index (κ2) is 5.66. The Morgan fingerprint density at radius 2 is 2.05 bits per heavy atom. The molecule has 1 amide bonds. The maximum Gasteiger partial charge on any atom is 0.391 e. The molecule has 1 aromatic rings. The third-order valence-corrected chi connectivity index (χ3v) is 3.39. The minimum absolute atomic E-state index is 0.0654. The van der Waals surface area contributed by atoms with E-state index in [4.69, 9.17) is 5.84 Å². The lowest BCUT2D eigenvalue weighted by Gasteiger charge is -2.32. The summed E-state index contributed by atoms with van der Waals surface area (Å²) >= 11 is 0. The number of nitrogen functional groups attached to an aromatic ring is 1. The van der Waals surface area contributed by atoms with Crippen LogP contribution in [0.2, 0.25) is 0 Å². The Bertz CT molecular complexity index is 484. The number of carbonyl (C=O) groups excluding carboxylic acids is 1. The van der Waals surface area contributed by atoms with Crippen LogP contribution < -0.4 is 11.3 Å². The van der Waals surface area contributed by atoms with Gasteiger partial charge < -0.3 is 10.3 Å². The monoisotopic (exact) mass is 288 g/mol. The predicted molar refractivity (Wildman–Crippen MR) is 66.7 cm³/mol. The van der Waals surface area contributed by atoms with Gasteiger partial charge in [-0.25, -0.2) is 0 Å². The average Bonchev–Trinajstić information content (AvgIpc) is 2.46. The topological polar surface area (TPSA) is 71.2 Å². The van der Waals surface area contributed by atoms with Crippen LogP contribution in [-0.4, -0.2) is 35.1 Å². The molecular weight excluding hydrogens is 273 g/mol. The van der Waals surface area contributed by atoms with E-state index >= 15 is 0 Å². The van der Waals surface area contributed by atoms with Crippen LogP contribution in [0.1, 0.15) is 23.3 Å². The molecule has 2 heterocycles. The van der Waals surface area contributed by atoms with Gasteiger partial charge in [-0.3, -0.25) is 15.6 Å².